The summed E-state index contributed by atoms with van der Waals surface area (Å²) < 4.78 is 41.3. The van der Waals surface area contributed by atoms with Gasteiger partial charge in [-0.1, -0.05) is 19.1 Å². The zero-order chi connectivity index (χ0) is 13.6. The third-order valence-electron chi connectivity index (χ3n) is 2.40. The molecule has 18 heavy (non-hydrogen) atoms. The molecule has 0 heterocycles. The number of alkyl halides is 3. The van der Waals surface area contributed by atoms with Crippen molar-refractivity contribution in [3.8, 4) is 5.75 Å². The quantitative estimate of drug-likeness (QED) is 0.849. The number of rotatable bonds is 6. The molecule has 0 aliphatic rings. The summed E-state index contributed by atoms with van der Waals surface area (Å²) in [6.45, 7) is 2.95. The van der Waals surface area contributed by atoms with Gasteiger partial charge in [0.1, 0.15) is 11.9 Å². The number of aryl methyl sites for hydroxylation is 1. The minimum atomic E-state index is -4.18. The van der Waals surface area contributed by atoms with Crippen LogP contribution in [0, 0.1) is 0 Å². The summed E-state index contributed by atoms with van der Waals surface area (Å²) in [5.74, 6) is 0.690. The van der Waals surface area contributed by atoms with Crippen molar-refractivity contribution >= 4 is 0 Å². The van der Waals surface area contributed by atoms with Gasteiger partial charge in [0.05, 0.1) is 6.54 Å². The molecule has 0 fully saturated rings. The van der Waals surface area contributed by atoms with Gasteiger partial charge >= 0.3 is 6.18 Å². The van der Waals surface area contributed by atoms with Crippen molar-refractivity contribution in [1.29, 1.82) is 0 Å². The zero-order valence-corrected chi connectivity index (χ0v) is 10.6. The number of hydrogen-bond acceptors (Lipinski definition) is 2. The van der Waals surface area contributed by atoms with E-state index in [4.69, 9.17) is 4.74 Å². The minimum Gasteiger partial charge on any atom is -0.489 e. The van der Waals surface area contributed by atoms with E-state index in [-0.39, 0.29) is 12.6 Å². The monoisotopic (exact) mass is 261 g/mol. The zero-order valence-electron chi connectivity index (χ0n) is 10.6. The maximum absolute atomic E-state index is 11.9. The molecule has 2 nitrogen and oxygen atoms in total. The fraction of sp³-hybridized carbons (Fsp3) is 0.538. The highest BCUT2D eigenvalue weighted by Crippen LogP contribution is 2.15. The number of nitrogens with one attached hydrogen (secondary N) is 1. The fourth-order valence-corrected chi connectivity index (χ4v) is 1.53. The molecule has 1 aromatic rings. The van der Waals surface area contributed by atoms with Gasteiger partial charge in [-0.15, -0.1) is 0 Å². The number of ether oxygens (including phenoxy) is 1. The molecule has 102 valence electrons. The van der Waals surface area contributed by atoms with E-state index in [0.717, 1.165) is 12.0 Å². The van der Waals surface area contributed by atoms with Crippen LogP contribution in [-0.4, -0.2) is 25.4 Å². The van der Waals surface area contributed by atoms with Crippen LogP contribution in [0.2, 0.25) is 0 Å². The molecule has 0 aliphatic heterocycles. The van der Waals surface area contributed by atoms with E-state index in [0.29, 0.717) is 5.75 Å². The molecule has 1 aromatic carbocycles. The van der Waals surface area contributed by atoms with Crippen molar-refractivity contribution in [3.63, 3.8) is 0 Å². The molecule has 0 aliphatic carbocycles. The summed E-state index contributed by atoms with van der Waals surface area (Å²) in [5, 5.41) is 2.32. The maximum atomic E-state index is 11.9. The summed E-state index contributed by atoms with van der Waals surface area (Å²) in [5.41, 5.74) is 1.14. The molecule has 0 spiro atoms. The molecule has 1 unspecified atom stereocenters. The maximum Gasteiger partial charge on any atom is 0.401 e. The molecule has 0 saturated carbocycles. The summed E-state index contributed by atoms with van der Waals surface area (Å²) in [4.78, 5) is 0. The third-order valence-corrected chi connectivity index (χ3v) is 2.40. The Morgan fingerprint density at radius 2 is 2.06 bits per heavy atom. The molecule has 1 N–H and O–H groups in total. The first kappa shape index (κ1) is 14.8. The van der Waals surface area contributed by atoms with Crippen LogP contribution in [-0.2, 0) is 6.42 Å². The van der Waals surface area contributed by atoms with Crippen molar-refractivity contribution in [2.24, 2.45) is 0 Å². The highest BCUT2D eigenvalue weighted by Gasteiger charge is 2.26. The van der Waals surface area contributed by atoms with E-state index < -0.39 is 12.7 Å². The lowest BCUT2D eigenvalue weighted by Crippen LogP contribution is -2.35. The normalized spacial score (nSPS) is 13.4. The number of hydrogen-bond donors (Lipinski definition) is 1. The van der Waals surface area contributed by atoms with E-state index in [2.05, 4.69) is 5.32 Å². The highest BCUT2D eigenvalue weighted by atomic mass is 19.4. The van der Waals surface area contributed by atoms with Gasteiger partial charge in [-0.3, -0.25) is 0 Å². The number of halogens is 3. The molecule has 1 rings (SSSR count). The second-order valence-electron chi connectivity index (χ2n) is 4.18. The standard InChI is InChI=1S/C13H18F3NO/c1-3-11-5-4-6-12(7-11)18-10(2)8-17-9-13(14,15)16/h4-7,10,17H,3,8-9H2,1-2H3. The average molecular weight is 261 g/mol. The van der Waals surface area contributed by atoms with E-state index in [1.165, 1.54) is 0 Å². The average Bonchev–Trinajstić information content (AvgIpc) is 2.27. The van der Waals surface area contributed by atoms with E-state index in [9.17, 15) is 13.2 Å². The molecule has 0 aromatic heterocycles. The predicted octanol–water partition coefficient (Wildman–Crippen LogP) is 3.17. The van der Waals surface area contributed by atoms with Gasteiger partial charge in [0.15, 0.2) is 0 Å². The van der Waals surface area contributed by atoms with Crippen LogP contribution >= 0.6 is 0 Å². The van der Waals surface area contributed by atoms with Crippen LogP contribution in [0.4, 0.5) is 13.2 Å². The Bertz CT molecular complexity index is 365. The minimum absolute atomic E-state index is 0.163. The van der Waals surface area contributed by atoms with E-state index in [1.807, 2.05) is 25.1 Å². The van der Waals surface area contributed by atoms with Crippen LogP contribution in [0.15, 0.2) is 24.3 Å². The Hall–Kier alpha value is -1.23. The largest absolute Gasteiger partial charge is 0.489 e. The van der Waals surface area contributed by atoms with Gasteiger partial charge in [-0.05, 0) is 31.0 Å². The summed E-state index contributed by atoms with van der Waals surface area (Å²) >= 11 is 0. The fourth-order valence-electron chi connectivity index (χ4n) is 1.53. The van der Waals surface area contributed by atoms with Gasteiger partial charge in [-0.25, -0.2) is 0 Å². The van der Waals surface area contributed by atoms with E-state index in [1.54, 1.807) is 13.0 Å². The SMILES string of the molecule is CCc1cccc(OC(C)CNCC(F)(F)F)c1. The molecule has 1 atom stereocenters. The second-order valence-corrected chi connectivity index (χ2v) is 4.18. The Balaban J connectivity index is 2.37. The molecule has 0 radical (unpaired) electrons. The number of benzene rings is 1. The lowest BCUT2D eigenvalue weighted by atomic mass is 10.2. The van der Waals surface area contributed by atoms with Crippen molar-refractivity contribution in [2.45, 2.75) is 32.5 Å². The van der Waals surface area contributed by atoms with Crippen LogP contribution in [0.3, 0.4) is 0 Å². The molecule has 0 bridgehead atoms. The summed E-state index contributed by atoms with van der Waals surface area (Å²) in [7, 11) is 0. The van der Waals surface area contributed by atoms with Crippen LogP contribution in [0.5, 0.6) is 5.75 Å². The first-order valence-corrected chi connectivity index (χ1v) is 5.94. The molecule has 0 amide bonds. The second kappa shape index (κ2) is 6.64. The lowest BCUT2D eigenvalue weighted by Gasteiger charge is -2.16. The van der Waals surface area contributed by atoms with Crippen LogP contribution < -0.4 is 10.1 Å². The molecular formula is C13H18F3NO. The molecule has 5 heteroatoms. The van der Waals surface area contributed by atoms with Gasteiger partial charge in [0, 0.05) is 6.54 Å². The lowest BCUT2D eigenvalue weighted by molar-refractivity contribution is -0.125. The van der Waals surface area contributed by atoms with Crippen LogP contribution in [0.1, 0.15) is 19.4 Å². The van der Waals surface area contributed by atoms with E-state index >= 15 is 0 Å². The summed E-state index contributed by atoms with van der Waals surface area (Å²) in [6.07, 6.45) is -3.58. The van der Waals surface area contributed by atoms with Gasteiger partial charge < -0.3 is 10.1 Å². The van der Waals surface area contributed by atoms with Gasteiger partial charge in [0.2, 0.25) is 0 Å². The summed E-state index contributed by atoms with van der Waals surface area (Å²) in [6, 6.07) is 7.57. The van der Waals surface area contributed by atoms with Gasteiger partial charge in [0.25, 0.3) is 0 Å². The third kappa shape index (κ3) is 5.91. The Kier molecular flexibility index (Phi) is 5.47. The van der Waals surface area contributed by atoms with Crippen molar-refractivity contribution in [3.05, 3.63) is 29.8 Å². The van der Waals surface area contributed by atoms with Crippen molar-refractivity contribution < 1.29 is 17.9 Å². The van der Waals surface area contributed by atoms with Crippen LogP contribution in [0.25, 0.3) is 0 Å². The molecule has 0 saturated heterocycles. The van der Waals surface area contributed by atoms with Crippen molar-refractivity contribution in [1.82, 2.24) is 5.32 Å². The predicted molar refractivity (Wildman–Crippen MR) is 64.8 cm³/mol. The van der Waals surface area contributed by atoms with Crippen molar-refractivity contribution in [2.75, 3.05) is 13.1 Å². The Labute approximate surface area is 105 Å². The molecular weight excluding hydrogens is 243 g/mol. The Morgan fingerprint density at radius 1 is 1.33 bits per heavy atom. The van der Waals surface area contributed by atoms with Gasteiger partial charge in [-0.2, -0.15) is 13.2 Å². The highest BCUT2D eigenvalue weighted by molar-refractivity contribution is 5.28. The first-order chi connectivity index (χ1) is 8.40. The topological polar surface area (TPSA) is 21.3 Å². The smallest absolute Gasteiger partial charge is 0.401 e. The Morgan fingerprint density at radius 3 is 2.67 bits per heavy atom. The first-order valence-electron chi connectivity index (χ1n) is 5.94.